The fourth-order valence-electron chi connectivity index (χ4n) is 3.14. The molecule has 2 heterocycles. The van der Waals surface area contributed by atoms with E-state index in [-0.39, 0.29) is 11.9 Å². The molecule has 0 spiro atoms. The Balaban J connectivity index is 1.54. The second-order valence-corrected chi connectivity index (χ2v) is 8.05. The summed E-state index contributed by atoms with van der Waals surface area (Å²) in [4.78, 5) is 25.4. The minimum atomic E-state index is 0.0383. The van der Waals surface area contributed by atoms with E-state index < -0.39 is 0 Å². The largest absolute Gasteiger partial charge is 0.497 e. The van der Waals surface area contributed by atoms with Gasteiger partial charge in [0.25, 0.3) is 0 Å². The molecule has 1 amide bonds. The number of benzene rings is 1. The molecule has 1 aliphatic heterocycles. The summed E-state index contributed by atoms with van der Waals surface area (Å²) in [6, 6.07) is 10.3. The van der Waals surface area contributed by atoms with Gasteiger partial charge in [0.1, 0.15) is 22.9 Å². The second kappa shape index (κ2) is 10.3. The van der Waals surface area contributed by atoms with Gasteiger partial charge in [-0.25, -0.2) is 9.97 Å². The first-order valence-corrected chi connectivity index (χ1v) is 11.0. The van der Waals surface area contributed by atoms with Crippen molar-refractivity contribution in [1.29, 1.82) is 0 Å². The predicted octanol–water partition coefficient (Wildman–Crippen LogP) is 2.82. The highest BCUT2D eigenvalue weighted by atomic mass is 32.2. The first-order valence-electron chi connectivity index (χ1n) is 9.97. The number of carbonyl (C=O) groups excluding carboxylic acids is 1. The third-order valence-electron chi connectivity index (χ3n) is 5.02. The van der Waals surface area contributed by atoms with Crippen LogP contribution in [0.5, 0.6) is 5.75 Å². The molecule has 1 saturated heterocycles. The van der Waals surface area contributed by atoms with Crippen molar-refractivity contribution in [3.8, 4) is 5.75 Å². The molecule has 2 aromatic rings. The number of anilines is 2. The Hall–Kier alpha value is -2.48. The van der Waals surface area contributed by atoms with Gasteiger partial charge in [0, 0.05) is 50.0 Å². The van der Waals surface area contributed by atoms with E-state index in [1.807, 2.05) is 25.1 Å². The molecule has 3 rings (SSSR count). The number of hydrogen-bond acceptors (Lipinski definition) is 7. The molecule has 0 aliphatic carbocycles. The van der Waals surface area contributed by atoms with Crippen LogP contribution in [-0.2, 0) is 4.79 Å². The van der Waals surface area contributed by atoms with E-state index in [2.05, 4.69) is 44.1 Å². The molecule has 0 bridgehead atoms. The standard InChI is InChI=1S/C21H29N5O2S/c1-4-16(2)24-20(27)14-29-21-13-19(22-15-23-21)26-10-8-25(9-11-26)17-6-5-7-18(12-17)28-3/h5-7,12-13,15-16H,4,8-11,14H2,1-3H3,(H,24,27)/t16-/m0/s1. The second-order valence-electron chi connectivity index (χ2n) is 7.06. The molecule has 1 atom stereocenters. The van der Waals surface area contributed by atoms with Gasteiger partial charge in [-0.3, -0.25) is 4.79 Å². The van der Waals surface area contributed by atoms with Gasteiger partial charge in [-0.2, -0.15) is 0 Å². The minimum absolute atomic E-state index is 0.0383. The SMILES string of the molecule is CC[C@H](C)NC(=O)CSc1cc(N2CCN(c3cccc(OC)c3)CC2)ncn1. The van der Waals surface area contributed by atoms with Crippen molar-refractivity contribution in [1.82, 2.24) is 15.3 Å². The summed E-state index contributed by atoms with van der Waals surface area (Å²) in [6.07, 6.45) is 2.51. The maximum absolute atomic E-state index is 12.0. The molecule has 29 heavy (non-hydrogen) atoms. The molecule has 1 aliphatic rings. The molecule has 7 nitrogen and oxygen atoms in total. The average molecular weight is 416 g/mol. The zero-order valence-electron chi connectivity index (χ0n) is 17.3. The maximum Gasteiger partial charge on any atom is 0.230 e. The van der Waals surface area contributed by atoms with Crippen LogP contribution in [0.4, 0.5) is 11.5 Å². The van der Waals surface area contributed by atoms with Gasteiger partial charge >= 0.3 is 0 Å². The van der Waals surface area contributed by atoms with Crippen molar-refractivity contribution < 1.29 is 9.53 Å². The van der Waals surface area contributed by atoms with E-state index in [1.54, 1.807) is 13.4 Å². The van der Waals surface area contributed by atoms with E-state index in [4.69, 9.17) is 4.74 Å². The Bertz CT molecular complexity index is 811. The Labute approximate surface area is 176 Å². The van der Waals surface area contributed by atoms with Gasteiger partial charge in [0.05, 0.1) is 12.9 Å². The summed E-state index contributed by atoms with van der Waals surface area (Å²) in [7, 11) is 1.69. The van der Waals surface area contributed by atoms with Gasteiger partial charge < -0.3 is 19.9 Å². The zero-order valence-corrected chi connectivity index (χ0v) is 18.1. The molecule has 0 saturated carbocycles. The molecule has 1 aromatic carbocycles. The van der Waals surface area contributed by atoms with Crippen LogP contribution in [0.3, 0.4) is 0 Å². The number of rotatable bonds is 8. The van der Waals surface area contributed by atoms with Crippen LogP contribution < -0.4 is 19.9 Å². The number of hydrogen-bond donors (Lipinski definition) is 1. The van der Waals surface area contributed by atoms with Gasteiger partial charge in [0.15, 0.2) is 0 Å². The van der Waals surface area contributed by atoms with Crippen molar-refractivity contribution in [2.24, 2.45) is 0 Å². The van der Waals surface area contributed by atoms with Gasteiger partial charge in [-0.05, 0) is 25.5 Å². The number of ether oxygens (including phenoxy) is 1. The van der Waals surface area contributed by atoms with E-state index in [0.29, 0.717) is 5.75 Å². The molecular formula is C21H29N5O2S. The normalized spacial score (nSPS) is 15.1. The number of methoxy groups -OCH3 is 1. The third-order valence-corrected chi connectivity index (χ3v) is 5.95. The van der Waals surface area contributed by atoms with Crippen LogP contribution in [0.1, 0.15) is 20.3 Å². The number of piperazine rings is 1. The predicted molar refractivity (Wildman–Crippen MR) is 118 cm³/mol. The number of nitrogens with one attached hydrogen (secondary N) is 1. The molecule has 0 unspecified atom stereocenters. The van der Waals surface area contributed by atoms with Crippen molar-refractivity contribution >= 4 is 29.2 Å². The summed E-state index contributed by atoms with van der Waals surface area (Å²) in [6.45, 7) is 7.66. The first kappa shape index (κ1) is 21.2. The Morgan fingerprint density at radius 2 is 1.97 bits per heavy atom. The topological polar surface area (TPSA) is 70.6 Å². The van der Waals surface area contributed by atoms with Crippen molar-refractivity contribution in [2.75, 3.05) is 48.8 Å². The number of aromatic nitrogens is 2. The smallest absolute Gasteiger partial charge is 0.230 e. The van der Waals surface area contributed by atoms with Crippen LogP contribution in [0.15, 0.2) is 41.7 Å². The number of nitrogens with zero attached hydrogens (tertiary/aromatic N) is 4. The summed E-state index contributed by atoms with van der Waals surface area (Å²) >= 11 is 1.45. The van der Waals surface area contributed by atoms with Crippen LogP contribution in [0.2, 0.25) is 0 Å². The number of carbonyl (C=O) groups is 1. The highest BCUT2D eigenvalue weighted by Gasteiger charge is 2.19. The van der Waals surface area contributed by atoms with Gasteiger partial charge in [0.2, 0.25) is 5.91 Å². The van der Waals surface area contributed by atoms with E-state index in [0.717, 1.165) is 49.2 Å². The Morgan fingerprint density at radius 1 is 1.21 bits per heavy atom. The van der Waals surface area contributed by atoms with Gasteiger partial charge in [-0.15, -0.1) is 0 Å². The minimum Gasteiger partial charge on any atom is -0.497 e. The number of thioether (sulfide) groups is 1. The van der Waals surface area contributed by atoms with E-state index in [1.165, 1.54) is 17.4 Å². The first-order chi connectivity index (χ1) is 14.1. The quantitative estimate of drug-likeness (QED) is 0.525. The molecule has 8 heteroatoms. The van der Waals surface area contributed by atoms with Crippen LogP contribution in [0.25, 0.3) is 0 Å². The van der Waals surface area contributed by atoms with E-state index >= 15 is 0 Å². The average Bonchev–Trinajstić information content (AvgIpc) is 2.78. The van der Waals surface area contributed by atoms with Crippen LogP contribution >= 0.6 is 11.8 Å². The molecule has 1 aromatic heterocycles. The highest BCUT2D eigenvalue weighted by Crippen LogP contribution is 2.24. The molecular weight excluding hydrogens is 386 g/mol. The maximum atomic E-state index is 12.0. The summed E-state index contributed by atoms with van der Waals surface area (Å²) in [5.74, 6) is 2.19. The lowest BCUT2D eigenvalue weighted by Crippen LogP contribution is -2.46. The fourth-order valence-corrected chi connectivity index (χ4v) is 3.81. The summed E-state index contributed by atoms with van der Waals surface area (Å²) in [5.41, 5.74) is 1.18. The Morgan fingerprint density at radius 3 is 2.69 bits per heavy atom. The summed E-state index contributed by atoms with van der Waals surface area (Å²) < 4.78 is 5.33. The van der Waals surface area contributed by atoms with Crippen molar-refractivity contribution in [3.63, 3.8) is 0 Å². The molecule has 1 N–H and O–H groups in total. The van der Waals surface area contributed by atoms with E-state index in [9.17, 15) is 4.79 Å². The Kier molecular flexibility index (Phi) is 7.57. The highest BCUT2D eigenvalue weighted by molar-refractivity contribution is 7.99. The lowest BCUT2D eigenvalue weighted by Gasteiger charge is -2.36. The molecule has 156 valence electrons. The van der Waals surface area contributed by atoms with Crippen molar-refractivity contribution in [2.45, 2.75) is 31.3 Å². The number of amides is 1. The molecule has 0 radical (unpaired) electrons. The summed E-state index contributed by atoms with van der Waals surface area (Å²) in [5, 5.41) is 3.80. The monoisotopic (exact) mass is 415 g/mol. The lowest BCUT2D eigenvalue weighted by atomic mass is 10.2. The zero-order chi connectivity index (χ0) is 20.6. The molecule has 1 fully saturated rings. The van der Waals surface area contributed by atoms with Crippen LogP contribution in [0, 0.1) is 0 Å². The van der Waals surface area contributed by atoms with Crippen LogP contribution in [-0.4, -0.2) is 61.0 Å². The lowest BCUT2D eigenvalue weighted by molar-refractivity contribution is -0.119. The van der Waals surface area contributed by atoms with Gasteiger partial charge in [-0.1, -0.05) is 24.8 Å². The van der Waals surface area contributed by atoms with Crippen molar-refractivity contribution in [3.05, 3.63) is 36.7 Å². The fraction of sp³-hybridized carbons (Fsp3) is 0.476. The third kappa shape index (κ3) is 6.00.